The zero-order chi connectivity index (χ0) is 94.7. The number of aryl methyl sites for hydroxylation is 6. The van der Waals surface area contributed by atoms with E-state index in [0.29, 0.717) is 40.9 Å². The first kappa shape index (κ1) is 90.5. The third-order valence-electron chi connectivity index (χ3n) is 24.4. The SMILES string of the molecule is [C-]#[N+]c1cc2c(-c3cncc(C)c3C)cn(-c3ccc(OC)cc3)c2cc1C.[C-]#[N+]c1ccc2c(c1)c(-c1cccc(C)c1C)cn2-c1ccc(OCC)cc1.[C-]#[N+]c1ccc2c(c1)c(-c1ccnc(C)c1)cn2-c1ccc(OC)cc1.[C-]#[N+]c1ccc2c(c1)c(-c1ccnc(C)n1)cn2-c1ccc(OC)cc1.[C-]#[N+]c1ccc2c(c1)c(-c1cncc(C)c1C)cn2-c1ccc(OC)cc1. The molecule has 0 amide bonds. The van der Waals surface area contributed by atoms with Gasteiger partial charge in [-0.05, 0) is 346 Å². The fraction of sp³-hybridized carbons (Fsp3) is 0.130. The van der Waals surface area contributed by atoms with Gasteiger partial charge in [-0.2, -0.15) is 0 Å². The highest BCUT2D eigenvalue weighted by Crippen LogP contribution is 2.44. The molecule has 0 saturated heterocycles. The van der Waals surface area contributed by atoms with Gasteiger partial charge in [0.05, 0.1) is 101 Å². The van der Waals surface area contributed by atoms with Crippen molar-refractivity contribution in [1.82, 2.24) is 47.8 Å². The van der Waals surface area contributed by atoms with Crippen molar-refractivity contribution in [3.05, 3.63) is 418 Å². The minimum absolute atomic E-state index is 0.608. The summed E-state index contributed by atoms with van der Waals surface area (Å²) in [5, 5.41) is 5.25. The summed E-state index contributed by atoms with van der Waals surface area (Å²) in [6.07, 6.45) is 21.8. The predicted molar refractivity (Wildman–Crippen MR) is 544 cm³/mol. The van der Waals surface area contributed by atoms with Crippen LogP contribution in [0, 0.1) is 95.2 Å². The fourth-order valence-corrected chi connectivity index (χ4v) is 16.8. The van der Waals surface area contributed by atoms with E-state index >= 15 is 0 Å². The quantitative estimate of drug-likeness (QED) is 0.0853. The van der Waals surface area contributed by atoms with E-state index in [-0.39, 0.29) is 0 Å². The van der Waals surface area contributed by atoms with E-state index in [0.717, 1.165) is 184 Å². The lowest BCUT2D eigenvalue weighted by atomic mass is 9.97. The van der Waals surface area contributed by atoms with Crippen molar-refractivity contribution in [3.63, 3.8) is 0 Å². The summed E-state index contributed by atoms with van der Waals surface area (Å²) in [5.41, 5.74) is 33.6. The van der Waals surface area contributed by atoms with Gasteiger partial charge in [-0.1, -0.05) is 42.5 Å². The Kier molecular flexibility index (Phi) is 26.8. The lowest BCUT2D eigenvalue weighted by molar-refractivity contribution is 0.340. The molecule has 0 aliphatic heterocycles. The molecule has 20 rings (SSSR count). The van der Waals surface area contributed by atoms with Crippen LogP contribution in [0.3, 0.4) is 0 Å². The number of benzene rings is 11. The van der Waals surface area contributed by atoms with Crippen LogP contribution in [-0.2, 0) is 0 Å². The van der Waals surface area contributed by atoms with Gasteiger partial charge in [0.15, 0.2) is 28.4 Å². The second-order valence-electron chi connectivity index (χ2n) is 32.5. The maximum absolute atomic E-state index is 7.52. The van der Waals surface area contributed by atoms with Crippen LogP contribution < -0.4 is 23.7 Å². The number of rotatable bonds is 16. The molecule has 9 heterocycles. The Balaban J connectivity index is 0.000000123. The number of methoxy groups -OCH3 is 4. The van der Waals surface area contributed by atoms with Gasteiger partial charge < -0.3 is 46.5 Å². The molecule has 0 bridgehead atoms. The minimum atomic E-state index is 0.608. The number of hydrogen-bond acceptors (Lipinski definition) is 10. The molecular formula is C115H95N15O5. The van der Waals surface area contributed by atoms with Crippen LogP contribution in [0.2, 0.25) is 0 Å². The van der Waals surface area contributed by atoms with Crippen LogP contribution in [0.4, 0.5) is 28.4 Å². The Hall–Kier alpha value is -17.9. The molecule has 0 saturated carbocycles. The van der Waals surface area contributed by atoms with Crippen molar-refractivity contribution in [3.8, 4) is 113 Å². The van der Waals surface area contributed by atoms with Gasteiger partial charge in [-0.15, -0.1) is 0 Å². The molecule has 0 aliphatic rings. The summed E-state index contributed by atoms with van der Waals surface area (Å²) in [6.45, 7) is 58.1. The number of fused-ring (bicyclic) bond motifs is 5. The maximum Gasteiger partial charge on any atom is 0.190 e. The highest BCUT2D eigenvalue weighted by atomic mass is 16.5. The first-order chi connectivity index (χ1) is 65.6. The molecule has 660 valence electrons. The Bertz CT molecular complexity index is 7900. The average molecular weight is 1770 g/mol. The van der Waals surface area contributed by atoms with Crippen LogP contribution in [0.15, 0.2) is 311 Å². The molecule has 0 N–H and O–H groups in total. The number of hydrogen-bond donors (Lipinski definition) is 0. The van der Waals surface area contributed by atoms with Crippen molar-refractivity contribution in [1.29, 1.82) is 0 Å². The summed E-state index contributed by atoms with van der Waals surface area (Å²) >= 11 is 0. The van der Waals surface area contributed by atoms with Crippen LogP contribution in [-0.4, -0.2) is 82.8 Å². The first-order valence-corrected chi connectivity index (χ1v) is 43.7. The number of aromatic nitrogens is 10. The molecule has 20 heteroatoms. The van der Waals surface area contributed by atoms with Crippen LogP contribution in [0.1, 0.15) is 57.4 Å². The van der Waals surface area contributed by atoms with Gasteiger partial charge >= 0.3 is 0 Å². The first-order valence-electron chi connectivity index (χ1n) is 43.7. The maximum atomic E-state index is 7.52. The standard InChI is InChI=1S/C25H22N2O.C24H21N3O.C23H19N3O.C22H17N3O.C21H16N4O/c1-5-28-21-12-10-20(11-13-21)27-16-24(22-8-6-7-17(2)18(22)3)23-15-19(26-4)9-14-25(23)27;1-15-10-24-20(11-23(15)25-4)22(21-13-26-12-16(2)17(21)3)14-27(24)18-6-8-19(28-5)9-7-18;1-15-12-25-13-21(16(15)2)22-14-26(18-6-8-19(27-4)9-7-18)23-10-5-17(24-3)11-20(22)23;1-15-12-16(10-11-24-15)21-14-25(18-5-7-19(26-3)8-6-18)22-9-4-17(23-2)13-20(21)22;1-14-23-11-10-20(24-14)19-13-25(16-5-7-17(26-3)8-6-16)21-9-4-15(22-2)12-18(19)21/h6-16H,5H2,1-3H3;6-14H,1-3,5H3;5-14H,1-2,4H3;4-14H,1,3H3;4-13H,1,3H3. The molecule has 20 nitrogen and oxygen atoms in total. The average Bonchev–Trinajstić information content (AvgIpc) is 1.63. The van der Waals surface area contributed by atoms with Gasteiger partial charge in [0.1, 0.15) is 34.6 Å². The molecule has 0 radical (unpaired) electrons. The highest BCUT2D eigenvalue weighted by molar-refractivity contribution is 6.04. The lowest BCUT2D eigenvalue weighted by Gasteiger charge is -2.08. The molecular weight excluding hydrogens is 1670 g/mol. The van der Waals surface area contributed by atoms with Gasteiger partial charge in [0.2, 0.25) is 0 Å². The van der Waals surface area contributed by atoms with Crippen LogP contribution in [0.25, 0.3) is 163 Å². The number of ether oxygens (including phenoxy) is 5. The molecule has 0 unspecified atom stereocenters. The van der Waals surface area contributed by atoms with Crippen molar-refractivity contribution in [2.24, 2.45) is 0 Å². The van der Waals surface area contributed by atoms with E-state index in [4.69, 9.17) is 56.5 Å². The molecule has 0 fully saturated rings. The summed E-state index contributed by atoms with van der Waals surface area (Å²) in [6, 6.07) is 79.7. The molecule has 0 atom stereocenters. The Morgan fingerprint density at radius 2 is 0.652 bits per heavy atom. The number of nitrogens with zero attached hydrogens (tertiary/aromatic N) is 15. The topological polar surface area (TPSA) is 157 Å². The van der Waals surface area contributed by atoms with E-state index in [1.807, 2.05) is 259 Å². The Morgan fingerprint density at radius 3 is 1.04 bits per heavy atom. The summed E-state index contributed by atoms with van der Waals surface area (Å²) in [7, 11) is 6.65. The minimum Gasteiger partial charge on any atom is -0.497 e. The fourth-order valence-electron chi connectivity index (χ4n) is 16.8. The molecule has 135 heavy (non-hydrogen) atoms. The highest BCUT2D eigenvalue weighted by Gasteiger charge is 2.23. The van der Waals surface area contributed by atoms with Crippen LogP contribution in [0.5, 0.6) is 28.7 Å². The van der Waals surface area contributed by atoms with E-state index in [9.17, 15) is 0 Å². The second kappa shape index (κ2) is 40.0. The third kappa shape index (κ3) is 18.9. The molecule has 0 aliphatic carbocycles. The van der Waals surface area contributed by atoms with Crippen molar-refractivity contribution in [2.45, 2.75) is 69.2 Å². The molecule has 0 spiro atoms. The summed E-state index contributed by atoms with van der Waals surface area (Å²) in [5.74, 6) is 4.87. The summed E-state index contributed by atoms with van der Waals surface area (Å²) in [4.78, 5) is 39.9. The Labute approximate surface area is 785 Å². The van der Waals surface area contributed by atoms with E-state index < -0.39 is 0 Å². The van der Waals surface area contributed by atoms with E-state index in [1.54, 1.807) is 34.6 Å². The predicted octanol–water partition coefficient (Wildman–Crippen LogP) is 29.4. The zero-order valence-electron chi connectivity index (χ0n) is 77.4. The van der Waals surface area contributed by atoms with E-state index in [2.05, 4.69) is 187 Å². The van der Waals surface area contributed by atoms with Crippen LogP contribution >= 0.6 is 0 Å². The monoisotopic (exact) mass is 1770 g/mol. The van der Waals surface area contributed by atoms with Gasteiger partial charge in [0, 0.05) is 141 Å². The van der Waals surface area contributed by atoms with E-state index in [1.165, 1.54) is 27.8 Å². The Morgan fingerprint density at radius 1 is 0.296 bits per heavy atom. The third-order valence-corrected chi connectivity index (χ3v) is 24.4. The smallest absolute Gasteiger partial charge is 0.190 e. The molecule has 20 aromatic rings. The molecule has 11 aromatic carbocycles. The normalized spacial score (nSPS) is 10.7. The van der Waals surface area contributed by atoms with Crippen molar-refractivity contribution in [2.75, 3.05) is 35.0 Å². The van der Waals surface area contributed by atoms with Gasteiger partial charge in [-0.25, -0.2) is 34.2 Å². The van der Waals surface area contributed by atoms with Gasteiger partial charge in [0.25, 0.3) is 0 Å². The number of pyridine rings is 3. The van der Waals surface area contributed by atoms with Crippen molar-refractivity contribution < 1.29 is 23.7 Å². The van der Waals surface area contributed by atoms with Gasteiger partial charge in [-0.3, -0.25) is 15.0 Å². The summed E-state index contributed by atoms with van der Waals surface area (Å²) < 4.78 is 37.4. The zero-order valence-corrected chi connectivity index (χ0v) is 77.4. The second-order valence-corrected chi connectivity index (χ2v) is 32.5. The molecule has 9 aromatic heterocycles. The largest absolute Gasteiger partial charge is 0.497 e. The lowest BCUT2D eigenvalue weighted by Crippen LogP contribution is -1.94. The van der Waals surface area contributed by atoms with Crippen molar-refractivity contribution >= 4 is 83.0 Å².